The quantitative estimate of drug-likeness (QED) is 0.608. The molecular formula is C21H19FN4O4S. The summed E-state index contributed by atoms with van der Waals surface area (Å²) < 4.78 is 43.3. The van der Waals surface area contributed by atoms with Gasteiger partial charge in [-0.2, -0.15) is 4.98 Å². The molecule has 0 saturated carbocycles. The van der Waals surface area contributed by atoms with Crippen molar-refractivity contribution in [2.24, 2.45) is 0 Å². The molecule has 2 saturated heterocycles. The highest BCUT2D eigenvalue weighted by Crippen LogP contribution is 2.49. The molecule has 0 bridgehead atoms. The molecule has 160 valence electrons. The maximum atomic E-state index is 13.2. The number of carbonyl (C=O) groups excluding carboxylic acids is 1. The Morgan fingerprint density at radius 1 is 1.23 bits per heavy atom. The molecule has 1 atom stereocenters. The summed E-state index contributed by atoms with van der Waals surface area (Å²) in [7, 11) is -3.43. The van der Waals surface area contributed by atoms with Gasteiger partial charge >= 0.3 is 0 Å². The van der Waals surface area contributed by atoms with E-state index in [9.17, 15) is 17.6 Å². The Balaban J connectivity index is 1.36. The third-order valence-electron chi connectivity index (χ3n) is 6.12. The van der Waals surface area contributed by atoms with Crippen LogP contribution in [0, 0.1) is 5.82 Å². The van der Waals surface area contributed by atoms with E-state index in [4.69, 9.17) is 4.52 Å². The van der Waals surface area contributed by atoms with Crippen LogP contribution in [-0.2, 0) is 21.1 Å². The minimum Gasteiger partial charge on any atom is -0.339 e. The number of hydrogen-bond acceptors (Lipinski definition) is 7. The van der Waals surface area contributed by atoms with Gasteiger partial charge in [0.2, 0.25) is 17.6 Å². The van der Waals surface area contributed by atoms with Gasteiger partial charge in [-0.25, -0.2) is 12.8 Å². The van der Waals surface area contributed by atoms with Gasteiger partial charge < -0.3 is 9.42 Å². The van der Waals surface area contributed by atoms with Crippen LogP contribution in [0.15, 0.2) is 53.3 Å². The first kappa shape index (κ1) is 19.8. The van der Waals surface area contributed by atoms with Gasteiger partial charge in [-0.1, -0.05) is 11.2 Å². The van der Waals surface area contributed by atoms with Crippen LogP contribution in [0.3, 0.4) is 0 Å². The van der Waals surface area contributed by atoms with Gasteiger partial charge in [0.25, 0.3) is 0 Å². The summed E-state index contributed by atoms with van der Waals surface area (Å²) in [5.41, 5.74) is 1.35. The first-order chi connectivity index (χ1) is 14.9. The molecule has 2 fully saturated rings. The van der Waals surface area contributed by atoms with Gasteiger partial charge in [0.1, 0.15) is 10.6 Å². The fraction of sp³-hybridized carbons (Fsp3) is 0.333. The molecule has 3 aromatic rings. The summed E-state index contributed by atoms with van der Waals surface area (Å²) in [4.78, 5) is 22.6. The monoisotopic (exact) mass is 442 g/mol. The van der Waals surface area contributed by atoms with E-state index in [1.54, 1.807) is 23.4 Å². The second-order valence-electron chi connectivity index (χ2n) is 7.98. The standard InChI is InChI=1S/C21H19FN4O4S/c22-16-5-3-15(4-6-16)19-24-20(30-25-19)17-7-9-31(28,29)21(17)12-26(13-21)18(27)10-14-2-1-8-23-11-14/h1-6,8,11,17H,7,9-10,12-13H2. The highest BCUT2D eigenvalue weighted by Gasteiger charge is 2.64. The van der Waals surface area contributed by atoms with Crippen molar-refractivity contribution in [1.82, 2.24) is 20.0 Å². The van der Waals surface area contributed by atoms with Gasteiger partial charge in [-0.05, 0) is 42.3 Å². The smallest absolute Gasteiger partial charge is 0.231 e. The molecule has 10 heteroatoms. The highest BCUT2D eigenvalue weighted by molar-refractivity contribution is 7.93. The van der Waals surface area contributed by atoms with E-state index >= 15 is 0 Å². The molecule has 5 rings (SSSR count). The fourth-order valence-corrected chi connectivity index (χ4v) is 6.69. The van der Waals surface area contributed by atoms with Gasteiger partial charge in [0.15, 0.2) is 9.84 Å². The Kier molecular flexibility index (Phi) is 4.62. The zero-order valence-corrected chi connectivity index (χ0v) is 17.3. The lowest BCUT2D eigenvalue weighted by Crippen LogP contribution is -2.67. The van der Waals surface area contributed by atoms with E-state index in [0.29, 0.717) is 12.0 Å². The van der Waals surface area contributed by atoms with Crippen LogP contribution in [0.25, 0.3) is 11.4 Å². The van der Waals surface area contributed by atoms with Crippen molar-refractivity contribution < 1.29 is 22.1 Å². The maximum Gasteiger partial charge on any atom is 0.231 e. The summed E-state index contributed by atoms with van der Waals surface area (Å²) in [6.45, 7) is 0.209. The lowest BCUT2D eigenvalue weighted by atomic mass is 9.82. The Labute approximate surface area is 178 Å². The normalized spacial score (nSPS) is 21.2. The topological polar surface area (TPSA) is 106 Å². The Hall–Kier alpha value is -3.14. The number of amides is 1. The average Bonchev–Trinajstić information content (AvgIpc) is 3.30. The van der Waals surface area contributed by atoms with Gasteiger partial charge in [0, 0.05) is 31.0 Å². The van der Waals surface area contributed by atoms with Crippen LogP contribution in [0.1, 0.15) is 23.8 Å². The minimum absolute atomic E-state index is 0.0105. The molecule has 31 heavy (non-hydrogen) atoms. The first-order valence-electron chi connectivity index (χ1n) is 9.86. The van der Waals surface area contributed by atoms with Gasteiger partial charge in [-0.15, -0.1) is 0 Å². The SMILES string of the molecule is O=C(Cc1cccnc1)N1CC2(C1)C(c1nc(-c3ccc(F)cc3)no1)CCS2(=O)=O. The van der Waals surface area contributed by atoms with E-state index < -0.39 is 20.5 Å². The zero-order chi connectivity index (χ0) is 21.6. The third kappa shape index (κ3) is 3.31. The first-order valence-corrected chi connectivity index (χ1v) is 11.5. The number of hydrogen-bond donors (Lipinski definition) is 0. The summed E-state index contributed by atoms with van der Waals surface area (Å²) in [5.74, 6) is -0.480. The van der Waals surface area contributed by atoms with Crippen LogP contribution in [0.4, 0.5) is 4.39 Å². The number of carbonyl (C=O) groups is 1. The summed E-state index contributed by atoms with van der Waals surface area (Å²) in [6, 6.07) is 9.23. The van der Waals surface area contributed by atoms with Crippen LogP contribution in [0.5, 0.6) is 0 Å². The summed E-state index contributed by atoms with van der Waals surface area (Å²) >= 11 is 0. The molecule has 8 nitrogen and oxygen atoms in total. The molecule has 0 radical (unpaired) electrons. The number of sulfone groups is 1. The molecule has 1 unspecified atom stereocenters. The molecule has 0 aliphatic carbocycles. The van der Waals surface area contributed by atoms with Crippen LogP contribution < -0.4 is 0 Å². The Bertz CT molecular complexity index is 1220. The van der Waals surface area contributed by atoms with E-state index in [-0.39, 0.29) is 48.7 Å². The fourth-order valence-electron chi connectivity index (χ4n) is 4.38. The lowest BCUT2D eigenvalue weighted by molar-refractivity contribution is -0.136. The van der Waals surface area contributed by atoms with Gasteiger partial charge in [0.05, 0.1) is 18.1 Å². The van der Waals surface area contributed by atoms with E-state index in [2.05, 4.69) is 15.1 Å². The van der Waals surface area contributed by atoms with Crippen molar-refractivity contribution in [3.8, 4) is 11.4 Å². The number of rotatable bonds is 4. The second kappa shape index (κ2) is 7.23. The Morgan fingerprint density at radius 2 is 2.00 bits per heavy atom. The van der Waals surface area contributed by atoms with E-state index in [1.165, 1.54) is 24.3 Å². The number of likely N-dealkylation sites (tertiary alicyclic amines) is 1. The number of benzene rings is 1. The summed E-state index contributed by atoms with van der Waals surface area (Å²) in [6.07, 6.45) is 3.78. The van der Waals surface area contributed by atoms with Crippen LogP contribution in [-0.4, -0.2) is 57.9 Å². The lowest BCUT2D eigenvalue weighted by Gasteiger charge is -2.49. The number of nitrogens with zero attached hydrogens (tertiary/aromatic N) is 4. The highest BCUT2D eigenvalue weighted by atomic mass is 32.2. The van der Waals surface area contributed by atoms with Crippen molar-refractivity contribution in [1.29, 1.82) is 0 Å². The molecule has 2 aliphatic rings. The maximum absolute atomic E-state index is 13.2. The number of pyridine rings is 1. The molecule has 2 aliphatic heterocycles. The van der Waals surface area contributed by atoms with Crippen molar-refractivity contribution >= 4 is 15.7 Å². The Morgan fingerprint density at radius 3 is 2.71 bits per heavy atom. The number of aromatic nitrogens is 3. The molecule has 0 N–H and O–H groups in total. The molecule has 4 heterocycles. The molecular weight excluding hydrogens is 423 g/mol. The largest absolute Gasteiger partial charge is 0.339 e. The summed E-state index contributed by atoms with van der Waals surface area (Å²) in [5, 5.41) is 3.95. The van der Waals surface area contributed by atoms with Crippen molar-refractivity contribution in [2.75, 3.05) is 18.8 Å². The zero-order valence-electron chi connectivity index (χ0n) is 16.4. The van der Waals surface area contributed by atoms with Crippen LogP contribution in [0.2, 0.25) is 0 Å². The van der Waals surface area contributed by atoms with Crippen molar-refractivity contribution in [3.05, 3.63) is 66.1 Å². The van der Waals surface area contributed by atoms with E-state index in [1.807, 2.05) is 6.07 Å². The van der Waals surface area contributed by atoms with E-state index in [0.717, 1.165) is 5.56 Å². The van der Waals surface area contributed by atoms with Gasteiger partial charge in [-0.3, -0.25) is 9.78 Å². The predicted molar refractivity (Wildman–Crippen MR) is 108 cm³/mol. The third-order valence-corrected chi connectivity index (χ3v) is 8.67. The molecule has 1 amide bonds. The molecule has 2 aromatic heterocycles. The molecule has 1 spiro atoms. The minimum atomic E-state index is -3.43. The second-order valence-corrected chi connectivity index (χ2v) is 10.4. The van der Waals surface area contributed by atoms with Crippen LogP contribution >= 0.6 is 0 Å². The average molecular weight is 442 g/mol. The molecule has 1 aromatic carbocycles. The van der Waals surface area contributed by atoms with Crippen molar-refractivity contribution in [2.45, 2.75) is 23.5 Å². The predicted octanol–water partition coefficient (Wildman–Crippen LogP) is 2.00. The van der Waals surface area contributed by atoms with Crippen molar-refractivity contribution in [3.63, 3.8) is 0 Å². The number of halogens is 1.